The second-order valence-electron chi connectivity index (χ2n) is 4.49. The summed E-state index contributed by atoms with van der Waals surface area (Å²) in [5, 5.41) is 2.55. The van der Waals surface area contributed by atoms with E-state index in [1.54, 1.807) is 0 Å². The average molecular weight is 274 g/mol. The number of hydrogen-bond donors (Lipinski definition) is 2. The highest BCUT2D eigenvalue weighted by molar-refractivity contribution is 5.90. The van der Waals surface area contributed by atoms with Crippen LogP contribution < -0.4 is 11.1 Å². The minimum absolute atomic E-state index is 0.0406. The van der Waals surface area contributed by atoms with Crippen LogP contribution in [-0.2, 0) is 11.0 Å². The summed E-state index contributed by atoms with van der Waals surface area (Å²) < 4.78 is 37.0. The van der Waals surface area contributed by atoms with Crippen LogP contribution in [0.2, 0.25) is 0 Å². The third kappa shape index (κ3) is 5.74. The maximum atomic E-state index is 12.3. The molecule has 0 saturated heterocycles. The van der Waals surface area contributed by atoms with Gasteiger partial charge in [0.05, 0.1) is 5.56 Å². The molecule has 1 rings (SSSR count). The Morgan fingerprint density at radius 3 is 2.37 bits per heavy atom. The fourth-order valence-corrected chi connectivity index (χ4v) is 1.55. The predicted molar refractivity (Wildman–Crippen MR) is 67.6 cm³/mol. The lowest BCUT2D eigenvalue weighted by Crippen LogP contribution is -2.16. The summed E-state index contributed by atoms with van der Waals surface area (Å²) in [4.78, 5) is 11.5. The molecule has 3 N–H and O–H groups in total. The van der Waals surface area contributed by atoms with E-state index < -0.39 is 11.7 Å². The molecule has 3 nitrogen and oxygen atoms in total. The number of nitrogens with one attached hydrogen (secondary N) is 1. The summed E-state index contributed by atoms with van der Waals surface area (Å²) in [6.45, 7) is 1.85. The summed E-state index contributed by atoms with van der Waals surface area (Å²) >= 11 is 0. The van der Waals surface area contributed by atoms with Crippen molar-refractivity contribution in [3.63, 3.8) is 0 Å². The highest BCUT2D eigenvalue weighted by Gasteiger charge is 2.29. The summed E-state index contributed by atoms with van der Waals surface area (Å²) in [6.07, 6.45) is -2.66. The highest BCUT2D eigenvalue weighted by Crippen LogP contribution is 2.29. The molecule has 1 unspecified atom stereocenters. The first-order chi connectivity index (χ1) is 8.79. The van der Waals surface area contributed by atoms with E-state index >= 15 is 0 Å². The van der Waals surface area contributed by atoms with Crippen LogP contribution in [0.1, 0.15) is 31.7 Å². The molecule has 1 aromatic rings. The van der Waals surface area contributed by atoms with Gasteiger partial charge in [-0.25, -0.2) is 0 Å². The highest BCUT2D eigenvalue weighted by atomic mass is 19.4. The van der Waals surface area contributed by atoms with Gasteiger partial charge in [-0.2, -0.15) is 13.2 Å². The molecule has 6 heteroatoms. The minimum Gasteiger partial charge on any atom is -0.328 e. The van der Waals surface area contributed by atoms with Crippen LogP contribution in [0.3, 0.4) is 0 Å². The van der Waals surface area contributed by atoms with Gasteiger partial charge in [0.1, 0.15) is 0 Å². The average Bonchev–Trinajstić information content (AvgIpc) is 2.27. The number of rotatable bonds is 5. The third-order valence-electron chi connectivity index (χ3n) is 2.56. The van der Waals surface area contributed by atoms with E-state index in [0.717, 1.165) is 18.6 Å². The number of amides is 1. The molecule has 0 aliphatic carbocycles. The first-order valence-electron chi connectivity index (χ1n) is 6.01. The molecule has 1 aromatic carbocycles. The number of alkyl halides is 3. The van der Waals surface area contributed by atoms with Crippen LogP contribution in [0.5, 0.6) is 0 Å². The van der Waals surface area contributed by atoms with Gasteiger partial charge in [0.2, 0.25) is 5.91 Å². The topological polar surface area (TPSA) is 55.1 Å². The van der Waals surface area contributed by atoms with Crippen molar-refractivity contribution >= 4 is 11.6 Å². The van der Waals surface area contributed by atoms with Crippen LogP contribution in [0.15, 0.2) is 24.3 Å². The Morgan fingerprint density at radius 2 is 1.89 bits per heavy atom. The Kier molecular flexibility index (Phi) is 5.35. The Bertz CT molecular complexity index is 413. The van der Waals surface area contributed by atoms with E-state index in [2.05, 4.69) is 5.32 Å². The smallest absolute Gasteiger partial charge is 0.328 e. The molecule has 1 atom stereocenters. The molecule has 0 aliphatic heterocycles. The van der Waals surface area contributed by atoms with Crippen LogP contribution in [0.25, 0.3) is 0 Å². The summed E-state index contributed by atoms with van der Waals surface area (Å²) in [7, 11) is 0. The lowest BCUT2D eigenvalue weighted by Gasteiger charge is -2.09. The van der Waals surface area contributed by atoms with Crippen molar-refractivity contribution in [2.75, 3.05) is 5.32 Å². The normalized spacial score (nSPS) is 13.1. The molecular formula is C13H17F3N2O. The lowest BCUT2D eigenvalue weighted by atomic mass is 10.1. The number of nitrogens with two attached hydrogens (primary N) is 1. The van der Waals surface area contributed by atoms with Crippen molar-refractivity contribution in [3.8, 4) is 0 Å². The van der Waals surface area contributed by atoms with Gasteiger partial charge in [0.15, 0.2) is 0 Å². The number of carbonyl (C=O) groups is 1. The molecule has 0 aliphatic rings. The van der Waals surface area contributed by atoms with Gasteiger partial charge < -0.3 is 11.1 Å². The van der Waals surface area contributed by atoms with Crippen molar-refractivity contribution in [2.45, 2.75) is 38.4 Å². The lowest BCUT2D eigenvalue weighted by molar-refractivity contribution is -0.137. The maximum absolute atomic E-state index is 12.3. The molecule has 0 aromatic heterocycles. The van der Waals surface area contributed by atoms with Crippen LogP contribution in [0, 0.1) is 0 Å². The largest absolute Gasteiger partial charge is 0.416 e. The molecular weight excluding hydrogens is 257 g/mol. The summed E-state index contributed by atoms with van der Waals surface area (Å²) in [5.41, 5.74) is 5.18. The van der Waals surface area contributed by atoms with E-state index in [9.17, 15) is 18.0 Å². The van der Waals surface area contributed by atoms with Gasteiger partial charge in [0.25, 0.3) is 0 Å². The van der Waals surface area contributed by atoms with Gasteiger partial charge in [-0.15, -0.1) is 0 Å². The molecule has 0 saturated carbocycles. The number of halogens is 3. The summed E-state index contributed by atoms with van der Waals surface area (Å²) in [6, 6.07) is 4.41. The second kappa shape index (κ2) is 6.56. The van der Waals surface area contributed by atoms with Gasteiger partial charge in [-0.3, -0.25) is 4.79 Å². The van der Waals surface area contributed by atoms with Gasteiger partial charge in [-0.05, 0) is 44.0 Å². The van der Waals surface area contributed by atoms with Crippen LogP contribution in [-0.4, -0.2) is 11.9 Å². The SMILES string of the molecule is CC(N)CCCC(=O)Nc1ccc(C(F)(F)F)cc1. The molecule has 106 valence electrons. The molecule has 0 radical (unpaired) electrons. The van der Waals surface area contributed by atoms with Crippen molar-refractivity contribution in [1.82, 2.24) is 0 Å². The quantitative estimate of drug-likeness (QED) is 0.866. The third-order valence-corrected chi connectivity index (χ3v) is 2.56. The van der Waals surface area contributed by atoms with Gasteiger partial charge in [0, 0.05) is 18.2 Å². The first-order valence-corrected chi connectivity index (χ1v) is 6.01. The zero-order chi connectivity index (χ0) is 14.5. The monoisotopic (exact) mass is 274 g/mol. The predicted octanol–water partition coefficient (Wildman–Crippen LogP) is 3.16. The fraction of sp³-hybridized carbons (Fsp3) is 0.462. The van der Waals surface area contributed by atoms with E-state index in [-0.39, 0.29) is 11.9 Å². The Balaban J connectivity index is 2.47. The second-order valence-corrected chi connectivity index (χ2v) is 4.49. The molecule has 0 spiro atoms. The molecule has 0 bridgehead atoms. The molecule has 0 fully saturated rings. The van der Waals surface area contributed by atoms with Gasteiger partial charge >= 0.3 is 6.18 Å². The zero-order valence-corrected chi connectivity index (χ0v) is 10.6. The summed E-state index contributed by atoms with van der Waals surface area (Å²) in [5.74, 6) is -0.222. The van der Waals surface area contributed by atoms with Crippen molar-refractivity contribution in [1.29, 1.82) is 0 Å². The van der Waals surface area contributed by atoms with Crippen molar-refractivity contribution < 1.29 is 18.0 Å². The number of carbonyl (C=O) groups excluding carboxylic acids is 1. The number of benzene rings is 1. The van der Waals surface area contributed by atoms with Crippen LogP contribution >= 0.6 is 0 Å². The standard InChI is InChI=1S/C13H17F3N2O/c1-9(17)3-2-4-12(19)18-11-7-5-10(6-8-11)13(14,15)16/h5-9H,2-4,17H2,1H3,(H,18,19). The fourth-order valence-electron chi connectivity index (χ4n) is 1.55. The van der Waals surface area contributed by atoms with E-state index in [0.29, 0.717) is 18.5 Å². The van der Waals surface area contributed by atoms with Crippen molar-refractivity contribution in [2.24, 2.45) is 5.73 Å². The van der Waals surface area contributed by atoms with E-state index in [1.165, 1.54) is 12.1 Å². The molecule has 0 heterocycles. The van der Waals surface area contributed by atoms with Crippen LogP contribution in [0.4, 0.5) is 18.9 Å². The minimum atomic E-state index is -4.36. The zero-order valence-electron chi connectivity index (χ0n) is 10.6. The number of anilines is 1. The molecule has 1 amide bonds. The Hall–Kier alpha value is -1.56. The first kappa shape index (κ1) is 15.5. The Labute approximate surface area is 110 Å². The van der Waals surface area contributed by atoms with Crippen molar-refractivity contribution in [3.05, 3.63) is 29.8 Å². The molecule has 19 heavy (non-hydrogen) atoms. The van der Waals surface area contributed by atoms with E-state index in [1.807, 2.05) is 6.92 Å². The Morgan fingerprint density at radius 1 is 1.32 bits per heavy atom. The number of hydrogen-bond acceptors (Lipinski definition) is 2. The maximum Gasteiger partial charge on any atom is 0.416 e. The van der Waals surface area contributed by atoms with E-state index in [4.69, 9.17) is 5.73 Å². The van der Waals surface area contributed by atoms with Gasteiger partial charge in [-0.1, -0.05) is 0 Å².